The standard InChI is InChI=1S/C21H26N2O4S/c1-16-14-17-8-4-5-11-20(17)23(16)21(24)12-7-13-22(28(3,25)26)18-9-6-10-19(15-18)27-2/h4-6,8-11,15-16H,7,12-14H2,1-3H3/t16-/m1/s1. The van der Waals surface area contributed by atoms with Gasteiger partial charge in [0.25, 0.3) is 0 Å². The van der Waals surface area contributed by atoms with Crippen LogP contribution >= 0.6 is 0 Å². The zero-order valence-corrected chi connectivity index (χ0v) is 17.3. The minimum atomic E-state index is -3.47. The monoisotopic (exact) mass is 402 g/mol. The minimum absolute atomic E-state index is 0.0246. The van der Waals surface area contributed by atoms with Gasteiger partial charge in [-0.25, -0.2) is 8.42 Å². The summed E-state index contributed by atoms with van der Waals surface area (Å²) in [7, 11) is -1.93. The van der Waals surface area contributed by atoms with Crippen LogP contribution in [0.25, 0.3) is 0 Å². The third-order valence-electron chi connectivity index (χ3n) is 4.97. The zero-order chi connectivity index (χ0) is 20.3. The van der Waals surface area contributed by atoms with E-state index in [4.69, 9.17) is 4.74 Å². The van der Waals surface area contributed by atoms with Crippen molar-refractivity contribution < 1.29 is 17.9 Å². The van der Waals surface area contributed by atoms with Gasteiger partial charge in [-0.15, -0.1) is 0 Å². The summed E-state index contributed by atoms with van der Waals surface area (Å²) in [4.78, 5) is 14.7. The van der Waals surface area contributed by atoms with Gasteiger partial charge in [-0.3, -0.25) is 9.10 Å². The lowest BCUT2D eigenvalue weighted by Gasteiger charge is -2.25. The largest absolute Gasteiger partial charge is 0.497 e. The Morgan fingerprint density at radius 1 is 1.21 bits per heavy atom. The average molecular weight is 403 g/mol. The molecule has 1 heterocycles. The van der Waals surface area contributed by atoms with Crippen LogP contribution in [0.3, 0.4) is 0 Å². The summed E-state index contributed by atoms with van der Waals surface area (Å²) in [6.45, 7) is 2.28. The van der Waals surface area contributed by atoms with Crippen LogP contribution in [0.4, 0.5) is 11.4 Å². The van der Waals surface area contributed by atoms with E-state index in [-0.39, 0.29) is 24.9 Å². The molecule has 0 unspecified atom stereocenters. The fraction of sp³-hybridized carbons (Fsp3) is 0.381. The molecular weight excluding hydrogens is 376 g/mol. The summed E-state index contributed by atoms with van der Waals surface area (Å²) in [6, 6.07) is 15.0. The van der Waals surface area contributed by atoms with Crippen molar-refractivity contribution in [2.24, 2.45) is 0 Å². The molecule has 2 aromatic carbocycles. The Morgan fingerprint density at radius 3 is 2.68 bits per heavy atom. The molecule has 0 aromatic heterocycles. The summed E-state index contributed by atoms with van der Waals surface area (Å²) in [5.41, 5.74) is 2.68. The maximum Gasteiger partial charge on any atom is 0.232 e. The molecule has 2 aromatic rings. The molecule has 150 valence electrons. The van der Waals surface area contributed by atoms with Crippen LogP contribution in [0.15, 0.2) is 48.5 Å². The summed E-state index contributed by atoms with van der Waals surface area (Å²) < 4.78 is 31.1. The summed E-state index contributed by atoms with van der Waals surface area (Å²) >= 11 is 0. The molecule has 1 atom stereocenters. The van der Waals surface area contributed by atoms with Gasteiger partial charge in [0.1, 0.15) is 5.75 Å². The van der Waals surface area contributed by atoms with Gasteiger partial charge < -0.3 is 9.64 Å². The van der Waals surface area contributed by atoms with Crippen molar-refractivity contribution in [2.45, 2.75) is 32.2 Å². The lowest BCUT2D eigenvalue weighted by atomic mass is 10.1. The number of anilines is 2. The number of benzene rings is 2. The Labute approximate surface area is 166 Å². The summed E-state index contributed by atoms with van der Waals surface area (Å²) in [5, 5.41) is 0. The van der Waals surface area contributed by atoms with E-state index in [1.807, 2.05) is 36.1 Å². The lowest BCUT2D eigenvalue weighted by molar-refractivity contribution is -0.118. The molecular formula is C21H26N2O4S. The third-order valence-corrected chi connectivity index (χ3v) is 6.16. The Kier molecular flexibility index (Phi) is 5.93. The first-order valence-electron chi connectivity index (χ1n) is 9.33. The predicted octanol–water partition coefficient (Wildman–Crippen LogP) is 3.22. The lowest BCUT2D eigenvalue weighted by Crippen LogP contribution is -2.37. The number of sulfonamides is 1. The summed E-state index contributed by atoms with van der Waals surface area (Å²) in [6.07, 6.45) is 2.75. The Balaban J connectivity index is 1.69. The van der Waals surface area contributed by atoms with Crippen molar-refractivity contribution in [2.75, 3.05) is 29.1 Å². The molecule has 1 aliphatic rings. The van der Waals surface area contributed by atoms with Crippen molar-refractivity contribution in [3.63, 3.8) is 0 Å². The fourth-order valence-electron chi connectivity index (χ4n) is 3.69. The number of amides is 1. The highest BCUT2D eigenvalue weighted by atomic mass is 32.2. The maximum absolute atomic E-state index is 12.8. The first kappa shape index (κ1) is 20.2. The molecule has 0 saturated carbocycles. The Morgan fingerprint density at radius 2 is 1.96 bits per heavy atom. The van der Waals surface area contributed by atoms with Crippen molar-refractivity contribution >= 4 is 27.3 Å². The van der Waals surface area contributed by atoms with E-state index in [9.17, 15) is 13.2 Å². The molecule has 0 N–H and O–H groups in total. The second-order valence-electron chi connectivity index (χ2n) is 7.09. The van der Waals surface area contributed by atoms with E-state index in [0.29, 0.717) is 17.9 Å². The highest BCUT2D eigenvalue weighted by Gasteiger charge is 2.30. The SMILES string of the molecule is COc1cccc(N(CCCC(=O)N2c3ccccc3C[C@H]2C)S(C)(=O)=O)c1. The molecule has 6 nitrogen and oxygen atoms in total. The van der Waals surface area contributed by atoms with E-state index in [1.54, 1.807) is 24.3 Å². The Bertz CT molecular complexity index is 958. The molecule has 0 bridgehead atoms. The number of carbonyl (C=O) groups excluding carboxylic acids is 1. The van der Waals surface area contributed by atoms with Crippen LogP contribution in [0.1, 0.15) is 25.3 Å². The van der Waals surface area contributed by atoms with E-state index in [0.717, 1.165) is 12.1 Å². The Hall–Kier alpha value is -2.54. The van der Waals surface area contributed by atoms with Crippen LogP contribution in [0.5, 0.6) is 5.75 Å². The number of hydrogen-bond donors (Lipinski definition) is 0. The van der Waals surface area contributed by atoms with Gasteiger partial charge in [0.05, 0.1) is 19.1 Å². The molecule has 28 heavy (non-hydrogen) atoms. The molecule has 0 fully saturated rings. The van der Waals surface area contributed by atoms with Gasteiger partial charge in [-0.1, -0.05) is 24.3 Å². The highest BCUT2D eigenvalue weighted by molar-refractivity contribution is 7.92. The topological polar surface area (TPSA) is 66.9 Å². The number of nitrogens with zero attached hydrogens (tertiary/aromatic N) is 2. The number of methoxy groups -OCH3 is 1. The predicted molar refractivity (Wildman–Crippen MR) is 112 cm³/mol. The van der Waals surface area contributed by atoms with Crippen molar-refractivity contribution in [3.05, 3.63) is 54.1 Å². The van der Waals surface area contributed by atoms with Crippen LogP contribution in [-0.4, -0.2) is 40.3 Å². The summed E-state index contributed by atoms with van der Waals surface area (Å²) in [5.74, 6) is 0.612. The van der Waals surface area contributed by atoms with Crippen molar-refractivity contribution in [3.8, 4) is 5.75 Å². The molecule has 0 radical (unpaired) electrons. The number of para-hydroxylation sites is 1. The minimum Gasteiger partial charge on any atom is -0.497 e. The third kappa shape index (κ3) is 4.30. The molecule has 0 aliphatic carbocycles. The van der Waals surface area contributed by atoms with Crippen molar-refractivity contribution in [1.29, 1.82) is 0 Å². The number of rotatable bonds is 7. The van der Waals surface area contributed by atoms with Gasteiger partial charge in [-0.05, 0) is 43.5 Å². The normalized spacial score (nSPS) is 16.0. The number of ether oxygens (including phenoxy) is 1. The number of fused-ring (bicyclic) bond motifs is 1. The first-order valence-corrected chi connectivity index (χ1v) is 11.2. The molecule has 3 rings (SSSR count). The maximum atomic E-state index is 12.8. The number of carbonyl (C=O) groups is 1. The van der Waals surface area contributed by atoms with Crippen molar-refractivity contribution in [1.82, 2.24) is 0 Å². The van der Waals surface area contributed by atoms with Gasteiger partial charge >= 0.3 is 0 Å². The van der Waals surface area contributed by atoms with E-state index in [1.165, 1.54) is 23.2 Å². The average Bonchev–Trinajstić information content (AvgIpc) is 2.99. The smallest absolute Gasteiger partial charge is 0.232 e. The van der Waals surface area contributed by atoms with Gasteiger partial charge in [0, 0.05) is 30.8 Å². The quantitative estimate of drug-likeness (QED) is 0.713. The first-order chi connectivity index (χ1) is 13.3. The van der Waals surface area contributed by atoms with E-state index >= 15 is 0 Å². The van der Waals surface area contributed by atoms with Gasteiger partial charge in [0.15, 0.2) is 0 Å². The highest BCUT2D eigenvalue weighted by Crippen LogP contribution is 2.32. The zero-order valence-electron chi connectivity index (χ0n) is 16.5. The molecule has 0 spiro atoms. The second-order valence-corrected chi connectivity index (χ2v) is 8.99. The number of hydrogen-bond acceptors (Lipinski definition) is 4. The second kappa shape index (κ2) is 8.22. The van der Waals surface area contributed by atoms with Crippen LogP contribution in [0.2, 0.25) is 0 Å². The van der Waals surface area contributed by atoms with Gasteiger partial charge in [0.2, 0.25) is 15.9 Å². The van der Waals surface area contributed by atoms with E-state index < -0.39 is 10.0 Å². The fourth-order valence-corrected chi connectivity index (χ4v) is 4.65. The van der Waals surface area contributed by atoms with Crippen LogP contribution in [-0.2, 0) is 21.2 Å². The molecule has 1 aliphatic heterocycles. The van der Waals surface area contributed by atoms with E-state index in [2.05, 4.69) is 0 Å². The molecule has 7 heteroatoms. The molecule has 1 amide bonds. The van der Waals surface area contributed by atoms with Crippen LogP contribution in [0, 0.1) is 0 Å². The molecule has 0 saturated heterocycles. The van der Waals surface area contributed by atoms with Crippen LogP contribution < -0.4 is 13.9 Å². The van der Waals surface area contributed by atoms with Gasteiger partial charge in [-0.2, -0.15) is 0 Å².